The van der Waals surface area contributed by atoms with Crippen molar-refractivity contribution < 1.29 is 26.7 Å². The van der Waals surface area contributed by atoms with Crippen molar-refractivity contribution in [1.82, 2.24) is 5.32 Å². The minimum absolute atomic E-state index is 0. The fraction of sp³-hybridized carbons (Fsp3) is 0.833. The first-order valence-electron chi connectivity index (χ1n) is 3.45. The molecule has 0 rings (SSSR count). The monoisotopic (exact) mass is 222 g/mol. The number of carboxylic acid groups (broad SMARTS) is 1. The van der Waals surface area contributed by atoms with Crippen LogP contribution in [0.5, 0.6) is 0 Å². The van der Waals surface area contributed by atoms with Gasteiger partial charge in [-0.3, -0.25) is 4.79 Å². The van der Waals surface area contributed by atoms with Gasteiger partial charge in [0, 0.05) is 49.9 Å². The summed E-state index contributed by atoms with van der Waals surface area (Å²) in [6.45, 7) is 4.22. The predicted molar refractivity (Wildman–Crippen MR) is 44.3 cm³/mol. The van der Waals surface area contributed by atoms with Crippen molar-refractivity contribution in [2.24, 2.45) is 11.5 Å². The van der Waals surface area contributed by atoms with Gasteiger partial charge in [0.15, 0.2) is 0 Å². The van der Waals surface area contributed by atoms with Crippen LogP contribution >= 0.6 is 0 Å². The van der Waals surface area contributed by atoms with E-state index >= 15 is 0 Å². The average molecular weight is 222 g/mol. The Bertz CT molecular complexity index is 84.9. The molecule has 0 amide bonds. The molecule has 0 aliphatic heterocycles. The molecular weight excluding hydrogens is 205 g/mol. The van der Waals surface area contributed by atoms with Crippen molar-refractivity contribution in [1.29, 1.82) is 0 Å². The fourth-order valence-electron chi connectivity index (χ4n) is 0.329. The minimum atomic E-state index is -0.833. The number of nitrogens with one attached hydrogen (secondary N) is 1. The van der Waals surface area contributed by atoms with E-state index in [0.29, 0.717) is 13.1 Å². The molecule has 0 atom stereocenters. The van der Waals surface area contributed by atoms with Crippen LogP contribution in [-0.2, 0) is 21.6 Å². The summed E-state index contributed by atoms with van der Waals surface area (Å²) in [6, 6.07) is 0. The van der Waals surface area contributed by atoms with E-state index in [0.717, 1.165) is 20.0 Å². The normalized spacial score (nSPS) is 7.58. The predicted octanol–water partition coefficient (Wildman–Crippen LogP) is -1.42. The van der Waals surface area contributed by atoms with Crippen molar-refractivity contribution in [3.05, 3.63) is 0 Å². The van der Waals surface area contributed by atoms with Gasteiger partial charge >= 0.3 is 0 Å². The molecule has 0 aromatic carbocycles. The van der Waals surface area contributed by atoms with Gasteiger partial charge in [-0.25, -0.2) is 0 Å². The van der Waals surface area contributed by atoms with E-state index in [1.165, 1.54) is 0 Å². The van der Waals surface area contributed by atoms with Crippen molar-refractivity contribution in [2.45, 2.75) is 6.92 Å². The fourth-order valence-corrected chi connectivity index (χ4v) is 0.329. The Labute approximate surface area is 83.1 Å². The largest absolute Gasteiger partial charge is 0.481 e. The molecule has 0 bridgehead atoms. The summed E-state index contributed by atoms with van der Waals surface area (Å²) in [6.07, 6.45) is 0. The molecule has 0 aromatic heterocycles. The van der Waals surface area contributed by atoms with Crippen molar-refractivity contribution >= 4 is 5.97 Å². The second kappa shape index (κ2) is 17.1. The van der Waals surface area contributed by atoms with Crippen LogP contribution in [-0.4, -0.2) is 37.3 Å². The Morgan fingerprint density at radius 2 is 1.58 bits per heavy atom. The number of carboxylic acids is 1. The quantitative estimate of drug-likeness (QED) is 0.437. The third-order valence-electron chi connectivity index (χ3n) is 0.642. The van der Waals surface area contributed by atoms with E-state index in [9.17, 15) is 0 Å². The molecule has 0 spiro atoms. The van der Waals surface area contributed by atoms with E-state index in [1.807, 2.05) is 0 Å². The molecule has 0 saturated carbocycles. The summed E-state index contributed by atoms with van der Waals surface area (Å²) < 4.78 is 0. The molecule has 6 heteroatoms. The maximum atomic E-state index is 9.00. The second-order valence-electron chi connectivity index (χ2n) is 1.85. The molecule has 0 unspecified atom stereocenters. The number of nitrogens with two attached hydrogens (primary N) is 2. The molecule has 0 heterocycles. The first kappa shape index (κ1) is 17.8. The summed E-state index contributed by atoms with van der Waals surface area (Å²) in [4.78, 5) is 9.00. The number of hydrogen-bond donors (Lipinski definition) is 4. The zero-order chi connectivity index (χ0) is 9.11. The molecular formula is C6H17CoN3O2. The van der Waals surface area contributed by atoms with Crippen molar-refractivity contribution in [3.8, 4) is 0 Å². The molecule has 0 saturated heterocycles. The number of rotatable bonds is 4. The van der Waals surface area contributed by atoms with Gasteiger partial charge < -0.3 is 21.9 Å². The molecule has 5 nitrogen and oxygen atoms in total. The maximum absolute atomic E-state index is 9.00. The van der Waals surface area contributed by atoms with Gasteiger partial charge in [0.1, 0.15) is 0 Å². The second-order valence-corrected chi connectivity index (χ2v) is 1.85. The van der Waals surface area contributed by atoms with Crippen LogP contribution in [0.2, 0.25) is 0 Å². The van der Waals surface area contributed by atoms with Crippen LogP contribution in [0.4, 0.5) is 0 Å². The van der Waals surface area contributed by atoms with Crippen LogP contribution in [0, 0.1) is 0 Å². The Balaban J connectivity index is -0.000000142. The maximum Gasteiger partial charge on any atom is 0.300 e. The Kier molecular flexibility index (Phi) is 25.4. The molecule has 6 N–H and O–H groups in total. The standard InChI is InChI=1S/C4H13N3.C2H4O2.Co/c5-1-3-7-4-2-6;1-2(3)4;/h7H,1-6H2;1H3,(H,3,4);. The summed E-state index contributed by atoms with van der Waals surface area (Å²) in [7, 11) is 0. The molecule has 12 heavy (non-hydrogen) atoms. The first-order valence-corrected chi connectivity index (χ1v) is 3.45. The third-order valence-corrected chi connectivity index (χ3v) is 0.642. The van der Waals surface area contributed by atoms with Crippen molar-refractivity contribution in [3.63, 3.8) is 0 Å². The number of carbonyl (C=O) groups is 1. The molecule has 0 aliphatic carbocycles. The Morgan fingerprint density at radius 1 is 1.33 bits per heavy atom. The molecule has 0 fully saturated rings. The first-order chi connectivity index (χ1) is 5.15. The van der Waals surface area contributed by atoms with E-state index in [-0.39, 0.29) is 16.8 Å². The summed E-state index contributed by atoms with van der Waals surface area (Å²) in [5.74, 6) is -0.833. The summed E-state index contributed by atoms with van der Waals surface area (Å²) in [5, 5.41) is 10.5. The zero-order valence-electron chi connectivity index (χ0n) is 7.17. The molecule has 0 aromatic rings. The van der Waals surface area contributed by atoms with Crippen LogP contribution < -0.4 is 16.8 Å². The van der Waals surface area contributed by atoms with Gasteiger partial charge in [-0.15, -0.1) is 0 Å². The summed E-state index contributed by atoms with van der Waals surface area (Å²) in [5.41, 5.74) is 10.3. The van der Waals surface area contributed by atoms with Crippen LogP contribution in [0.3, 0.4) is 0 Å². The number of hydrogen-bond acceptors (Lipinski definition) is 4. The molecule has 77 valence electrons. The van der Waals surface area contributed by atoms with E-state index < -0.39 is 5.97 Å². The Hall–Kier alpha value is -0.144. The van der Waals surface area contributed by atoms with Crippen LogP contribution in [0.25, 0.3) is 0 Å². The smallest absolute Gasteiger partial charge is 0.300 e. The van der Waals surface area contributed by atoms with Gasteiger partial charge in [-0.1, -0.05) is 0 Å². The topological polar surface area (TPSA) is 101 Å². The van der Waals surface area contributed by atoms with Gasteiger partial charge in [-0.2, -0.15) is 0 Å². The third kappa shape index (κ3) is 52.0. The summed E-state index contributed by atoms with van der Waals surface area (Å²) >= 11 is 0. The van der Waals surface area contributed by atoms with Crippen LogP contribution in [0.1, 0.15) is 6.92 Å². The van der Waals surface area contributed by atoms with E-state index in [1.54, 1.807) is 0 Å². The van der Waals surface area contributed by atoms with Gasteiger partial charge in [-0.05, 0) is 0 Å². The SMILES string of the molecule is CC(=O)O.NCCNCCN.[Co]. The van der Waals surface area contributed by atoms with Crippen LogP contribution in [0.15, 0.2) is 0 Å². The van der Waals surface area contributed by atoms with Gasteiger partial charge in [0.25, 0.3) is 5.97 Å². The van der Waals surface area contributed by atoms with E-state index in [4.69, 9.17) is 21.4 Å². The molecule has 1 radical (unpaired) electrons. The number of aliphatic carboxylic acids is 1. The minimum Gasteiger partial charge on any atom is -0.481 e. The van der Waals surface area contributed by atoms with Gasteiger partial charge in [0.05, 0.1) is 0 Å². The Morgan fingerprint density at radius 3 is 1.75 bits per heavy atom. The van der Waals surface area contributed by atoms with Gasteiger partial charge in [0.2, 0.25) is 0 Å². The van der Waals surface area contributed by atoms with Crippen molar-refractivity contribution in [2.75, 3.05) is 26.2 Å². The molecule has 0 aliphatic rings. The van der Waals surface area contributed by atoms with E-state index in [2.05, 4.69) is 5.32 Å². The zero-order valence-corrected chi connectivity index (χ0v) is 8.21. The average Bonchev–Trinajstić information content (AvgIpc) is 1.88.